The maximum Gasteiger partial charge on any atom is 0.223 e. The highest BCUT2D eigenvalue weighted by Crippen LogP contribution is 2.47. The summed E-state index contributed by atoms with van der Waals surface area (Å²) in [5.74, 6) is 0.615. The number of carbonyl (C=O) groups excluding carboxylic acids is 1. The molecule has 0 unspecified atom stereocenters. The van der Waals surface area contributed by atoms with Gasteiger partial charge in [-0.2, -0.15) is 0 Å². The Bertz CT molecular complexity index is 596. The Hall–Kier alpha value is -1.10. The number of nitrogens with one attached hydrogen (secondary N) is 1. The van der Waals surface area contributed by atoms with Gasteiger partial charge in [0.25, 0.3) is 0 Å². The van der Waals surface area contributed by atoms with Gasteiger partial charge in [0, 0.05) is 49.2 Å². The zero-order valence-corrected chi connectivity index (χ0v) is 15.6. The molecular weight excluding hydrogens is 322 g/mol. The molecule has 1 aromatic rings. The molecule has 1 heterocycles. The number of piperazine rings is 1. The Labute approximate surface area is 150 Å². The summed E-state index contributed by atoms with van der Waals surface area (Å²) in [6, 6.07) is 7.88. The molecule has 1 saturated heterocycles. The first-order chi connectivity index (χ1) is 11.4. The third kappa shape index (κ3) is 4.11. The zero-order chi connectivity index (χ0) is 17.3. The lowest BCUT2D eigenvalue weighted by Crippen LogP contribution is -2.57. The second-order valence-corrected chi connectivity index (χ2v) is 8.26. The van der Waals surface area contributed by atoms with E-state index in [0.717, 1.165) is 37.6 Å². The molecule has 2 fully saturated rings. The molecule has 0 spiro atoms. The lowest BCUT2D eigenvalue weighted by atomic mass is 10.0. The molecule has 1 N–H and O–H groups in total. The Morgan fingerprint density at radius 2 is 2.00 bits per heavy atom. The van der Waals surface area contributed by atoms with E-state index in [4.69, 9.17) is 11.6 Å². The summed E-state index contributed by atoms with van der Waals surface area (Å²) in [6.45, 7) is 9.46. The van der Waals surface area contributed by atoms with Gasteiger partial charge >= 0.3 is 0 Å². The molecule has 2 aliphatic rings. The van der Waals surface area contributed by atoms with Crippen molar-refractivity contribution in [3.8, 4) is 0 Å². The molecule has 0 radical (unpaired) electrons. The van der Waals surface area contributed by atoms with E-state index in [1.165, 1.54) is 5.56 Å². The maximum absolute atomic E-state index is 12.5. The summed E-state index contributed by atoms with van der Waals surface area (Å²) in [4.78, 5) is 17.3. The van der Waals surface area contributed by atoms with Crippen LogP contribution in [0.25, 0.3) is 0 Å². The van der Waals surface area contributed by atoms with Gasteiger partial charge in [-0.3, -0.25) is 9.69 Å². The van der Waals surface area contributed by atoms with E-state index in [2.05, 4.69) is 42.1 Å². The summed E-state index contributed by atoms with van der Waals surface area (Å²) in [5, 5.41) is 3.93. The van der Waals surface area contributed by atoms with Crippen molar-refractivity contribution >= 4 is 17.5 Å². The lowest BCUT2D eigenvalue weighted by Gasteiger charge is -2.43. The van der Waals surface area contributed by atoms with Crippen LogP contribution in [0.3, 0.4) is 0 Å². The summed E-state index contributed by atoms with van der Waals surface area (Å²) in [6.07, 6.45) is 0.932. The van der Waals surface area contributed by atoms with Crippen molar-refractivity contribution in [3.05, 3.63) is 34.9 Å². The van der Waals surface area contributed by atoms with Crippen molar-refractivity contribution in [1.29, 1.82) is 0 Å². The average Bonchev–Trinajstić information content (AvgIpc) is 3.34. The number of halogens is 1. The molecule has 1 aliphatic heterocycles. The van der Waals surface area contributed by atoms with Crippen LogP contribution < -0.4 is 5.32 Å². The van der Waals surface area contributed by atoms with Crippen molar-refractivity contribution in [2.45, 2.75) is 31.7 Å². The number of nitrogens with zero attached hydrogens (tertiary/aromatic N) is 2. The third-order valence-corrected chi connectivity index (χ3v) is 5.69. The van der Waals surface area contributed by atoms with Crippen LogP contribution in [-0.2, 0) is 4.79 Å². The van der Waals surface area contributed by atoms with Crippen LogP contribution in [0.1, 0.15) is 31.7 Å². The van der Waals surface area contributed by atoms with E-state index in [9.17, 15) is 4.79 Å². The molecular formula is C19H28ClN3O. The Kier molecular flexibility index (Phi) is 5.19. The largest absolute Gasteiger partial charge is 0.354 e. The smallest absolute Gasteiger partial charge is 0.223 e. The van der Waals surface area contributed by atoms with Gasteiger partial charge in [-0.1, -0.05) is 23.7 Å². The lowest BCUT2D eigenvalue weighted by molar-refractivity contribution is -0.123. The molecule has 2 atom stereocenters. The highest BCUT2D eigenvalue weighted by atomic mass is 35.5. The second kappa shape index (κ2) is 7.03. The molecule has 24 heavy (non-hydrogen) atoms. The molecule has 4 nitrogen and oxygen atoms in total. The molecule has 3 rings (SSSR count). The zero-order valence-electron chi connectivity index (χ0n) is 14.9. The van der Waals surface area contributed by atoms with Crippen molar-refractivity contribution in [3.63, 3.8) is 0 Å². The predicted molar refractivity (Wildman–Crippen MR) is 98.5 cm³/mol. The van der Waals surface area contributed by atoms with E-state index in [-0.39, 0.29) is 17.4 Å². The number of hydrogen-bond donors (Lipinski definition) is 1. The van der Waals surface area contributed by atoms with Gasteiger partial charge in [-0.05, 0) is 50.9 Å². The fourth-order valence-electron chi connectivity index (χ4n) is 3.55. The van der Waals surface area contributed by atoms with Crippen LogP contribution in [0.4, 0.5) is 0 Å². The first-order valence-corrected chi connectivity index (χ1v) is 9.21. The third-order valence-electron chi connectivity index (χ3n) is 5.46. The van der Waals surface area contributed by atoms with E-state index in [0.29, 0.717) is 12.5 Å². The SMILES string of the molecule is CN1CCN(C(C)(C)CNC(=O)[C@@H]2C[C@H]2c2cccc(Cl)c2)CC1. The van der Waals surface area contributed by atoms with Crippen molar-refractivity contribution in [2.24, 2.45) is 5.92 Å². The molecule has 0 bridgehead atoms. The van der Waals surface area contributed by atoms with E-state index in [1.807, 2.05) is 18.2 Å². The number of hydrogen-bond acceptors (Lipinski definition) is 3. The van der Waals surface area contributed by atoms with Gasteiger partial charge in [0.15, 0.2) is 0 Å². The Balaban J connectivity index is 1.49. The topological polar surface area (TPSA) is 35.6 Å². The predicted octanol–water partition coefficient (Wildman–Crippen LogP) is 2.59. The minimum absolute atomic E-state index is 0.00262. The molecule has 1 aliphatic carbocycles. The quantitative estimate of drug-likeness (QED) is 0.887. The van der Waals surface area contributed by atoms with Crippen molar-refractivity contribution in [1.82, 2.24) is 15.1 Å². The van der Waals surface area contributed by atoms with E-state index in [1.54, 1.807) is 0 Å². The van der Waals surface area contributed by atoms with Gasteiger partial charge in [-0.15, -0.1) is 0 Å². The standard InChI is InChI=1S/C19H28ClN3O/c1-19(2,23-9-7-22(3)8-10-23)13-21-18(24)17-12-16(17)14-5-4-6-15(20)11-14/h4-6,11,16-17H,7-10,12-13H2,1-3H3,(H,21,24)/t16-,17+/m0/s1. The molecule has 1 aromatic carbocycles. The van der Waals surface area contributed by atoms with Crippen LogP contribution in [0, 0.1) is 5.92 Å². The van der Waals surface area contributed by atoms with Gasteiger partial charge in [-0.25, -0.2) is 0 Å². The van der Waals surface area contributed by atoms with Crippen LogP contribution in [0.2, 0.25) is 5.02 Å². The minimum atomic E-state index is -0.00262. The minimum Gasteiger partial charge on any atom is -0.354 e. The van der Waals surface area contributed by atoms with Gasteiger partial charge < -0.3 is 10.2 Å². The molecule has 1 saturated carbocycles. The highest BCUT2D eigenvalue weighted by Gasteiger charge is 2.44. The van der Waals surface area contributed by atoms with Gasteiger partial charge in [0.1, 0.15) is 0 Å². The fraction of sp³-hybridized carbons (Fsp3) is 0.632. The molecule has 5 heteroatoms. The maximum atomic E-state index is 12.5. The van der Waals surface area contributed by atoms with E-state index < -0.39 is 0 Å². The summed E-state index contributed by atoms with van der Waals surface area (Å²) in [7, 11) is 2.16. The van der Waals surface area contributed by atoms with Crippen LogP contribution >= 0.6 is 11.6 Å². The van der Waals surface area contributed by atoms with Gasteiger partial charge in [0.05, 0.1) is 0 Å². The van der Waals surface area contributed by atoms with Crippen molar-refractivity contribution in [2.75, 3.05) is 39.8 Å². The molecule has 0 aromatic heterocycles. The Morgan fingerprint density at radius 1 is 1.29 bits per heavy atom. The van der Waals surface area contributed by atoms with Crippen molar-refractivity contribution < 1.29 is 4.79 Å². The van der Waals surface area contributed by atoms with Crippen LogP contribution in [0.15, 0.2) is 24.3 Å². The summed E-state index contributed by atoms with van der Waals surface area (Å²) in [5.41, 5.74) is 1.18. The first kappa shape index (κ1) is 17.7. The van der Waals surface area contributed by atoms with Crippen LogP contribution in [-0.4, -0.2) is 61.0 Å². The fourth-order valence-corrected chi connectivity index (χ4v) is 3.75. The monoisotopic (exact) mass is 349 g/mol. The normalized spacial score (nSPS) is 25.5. The van der Waals surface area contributed by atoms with Gasteiger partial charge in [0.2, 0.25) is 5.91 Å². The first-order valence-electron chi connectivity index (χ1n) is 8.83. The number of likely N-dealkylation sites (N-methyl/N-ethyl adjacent to an activating group) is 1. The molecule has 132 valence electrons. The number of carbonyl (C=O) groups is 1. The average molecular weight is 350 g/mol. The van der Waals surface area contributed by atoms with Crippen LogP contribution in [0.5, 0.6) is 0 Å². The highest BCUT2D eigenvalue weighted by molar-refractivity contribution is 6.30. The summed E-state index contributed by atoms with van der Waals surface area (Å²) < 4.78 is 0. The summed E-state index contributed by atoms with van der Waals surface area (Å²) >= 11 is 6.05. The second-order valence-electron chi connectivity index (χ2n) is 7.82. The molecule has 1 amide bonds. The number of rotatable bonds is 5. The number of amides is 1. The van der Waals surface area contributed by atoms with E-state index >= 15 is 0 Å². The number of benzene rings is 1. The Morgan fingerprint density at radius 3 is 2.67 bits per heavy atom.